The second kappa shape index (κ2) is 7.65. The van der Waals surface area contributed by atoms with Gasteiger partial charge in [-0.05, 0) is 51.4 Å². The van der Waals surface area contributed by atoms with Crippen molar-refractivity contribution in [3.63, 3.8) is 0 Å². The minimum Gasteiger partial charge on any atom is -0.376 e. The van der Waals surface area contributed by atoms with Crippen LogP contribution in [-0.4, -0.2) is 60.0 Å². The van der Waals surface area contributed by atoms with Gasteiger partial charge < -0.3 is 14.5 Å². The Morgan fingerprint density at radius 1 is 0.920 bits per heavy atom. The highest BCUT2D eigenvalue weighted by molar-refractivity contribution is 5.83. The summed E-state index contributed by atoms with van der Waals surface area (Å²) in [6, 6.07) is 0.395. The summed E-state index contributed by atoms with van der Waals surface area (Å²) >= 11 is 0. The first-order valence-corrected chi connectivity index (χ1v) is 10.4. The average molecular weight is 348 g/mol. The second-order valence-electron chi connectivity index (χ2n) is 8.46. The maximum absolute atomic E-state index is 13.4. The van der Waals surface area contributed by atoms with Gasteiger partial charge in [0.1, 0.15) is 0 Å². The van der Waals surface area contributed by atoms with Gasteiger partial charge in [-0.1, -0.05) is 12.8 Å². The van der Waals surface area contributed by atoms with Gasteiger partial charge in [0.15, 0.2) is 0 Å². The smallest absolute Gasteiger partial charge is 0.227 e. The zero-order valence-electron chi connectivity index (χ0n) is 15.3. The summed E-state index contributed by atoms with van der Waals surface area (Å²) in [4.78, 5) is 29.9. The summed E-state index contributed by atoms with van der Waals surface area (Å²) in [5, 5.41) is 0. The number of rotatable bonds is 5. The van der Waals surface area contributed by atoms with Crippen LogP contribution in [0.3, 0.4) is 0 Å². The molecule has 2 atom stereocenters. The molecule has 2 aliphatic carbocycles. The van der Waals surface area contributed by atoms with Crippen molar-refractivity contribution in [2.45, 2.75) is 76.4 Å². The Labute approximate surface area is 151 Å². The highest BCUT2D eigenvalue weighted by Crippen LogP contribution is 2.33. The van der Waals surface area contributed by atoms with Gasteiger partial charge in [0.05, 0.1) is 12.0 Å². The fourth-order valence-corrected chi connectivity index (χ4v) is 4.84. The van der Waals surface area contributed by atoms with Crippen molar-refractivity contribution in [2.75, 3.05) is 26.2 Å². The van der Waals surface area contributed by atoms with Gasteiger partial charge in [-0.3, -0.25) is 9.59 Å². The molecule has 0 aromatic rings. The first kappa shape index (κ1) is 17.3. The fraction of sp³-hybridized carbons (Fsp3) is 0.900. The normalized spacial score (nSPS) is 30.6. The molecule has 4 rings (SSSR count). The Morgan fingerprint density at radius 3 is 2.40 bits per heavy atom. The van der Waals surface area contributed by atoms with E-state index in [-0.39, 0.29) is 23.8 Å². The molecule has 2 saturated heterocycles. The molecule has 140 valence electrons. The third kappa shape index (κ3) is 4.02. The van der Waals surface area contributed by atoms with E-state index < -0.39 is 0 Å². The molecule has 4 fully saturated rings. The molecule has 25 heavy (non-hydrogen) atoms. The Hall–Kier alpha value is -1.10. The zero-order chi connectivity index (χ0) is 17.2. The van der Waals surface area contributed by atoms with Gasteiger partial charge in [0.2, 0.25) is 11.8 Å². The van der Waals surface area contributed by atoms with Gasteiger partial charge in [-0.2, -0.15) is 0 Å². The predicted molar refractivity (Wildman–Crippen MR) is 95.0 cm³/mol. The molecule has 5 heteroatoms. The maximum Gasteiger partial charge on any atom is 0.227 e. The number of ether oxygens (including phenoxy) is 1. The van der Waals surface area contributed by atoms with Gasteiger partial charge in [-0.15, -0.1) is 0 Å². The van der Waals surface area contributed by atoms with Gasteiger partial charge in [0, 0.05) is 38.2 Å². The lowest BCUT2D eigenvalue weighted by Crippen LogP contribution is -2.51. The number of amides is 2. The summed E-state index contributed by atoms with van der Waals surface area (Å²) < 4.78 is 5.82. The molecule has 0 radical (unpaired) electrons. The van der Waals surface area contributed by atoms with Gasteiger partial charge in [0.25, 0.3) is 0 Å². The lowest BCUT2D eigenvalue weighted by atomic mass is 9.95. The lowest BCUT2D eigenvalue weighted by Gasteiger charge is -2.38. The van der Waals surface area contributed by atoms with Crippen LogP contribution in [-0.2, 0) is 14.3 Å². The third-order valence-corrected chi connectivity index (χ3v) is 6.48. The first-order chi connectivity index (χ1) is 12.2. The molecular weight excluding hydrogens is 316 g/mol. The topological polar surface area (TPSA) is 49.9 Å². The van der Waals surface area contributed by atoms with Crippen LogP contribution in [0.4, 0.5) is 0 Å². The molecule has 2 heterocycles. The molecule has 0 aromatic heterocycles. The number of hydrogen-bond donors (Lipinski definition) is 0. The number of hydrogen-bond acceptors (Lipinski definition) is 3. The molecular formula is C20H32N2O3. The second-order valence-corrected chi connectivity index (χ2v) is 8.46. The summed E-state index contributed by atoms with van der Waals surface area (Å²) in [6.07, 6.45) is 11.1. The Morgan fingerprint density at radius 2 is 1.72 bits per heavy atom. The van der Waals surface area contributed by atoms with E-state index in [2.05, 4.69) is 4.90 Å². The third-order valence-electron chi connectivity index (χ3n) is 6.48. The number of piperidine rings is 1. The Kier molecular flexibility index (Phi) is 5.30. The quantitative estimate of drug-likeness (QED) is 0.767. The van der Waals surface area contributed by atoms with Crippen molar-refractivity contribution in [3.05, 3.63) is 0 Å². The van der Waals surface area contributed by atoms with Crippen LogP contribution in [0.25, 0.3) is 0 Å². The van der Waals surface area contributed by atoms with Crippen molar-refractivity contribution in [1.29, 1.82) is 0 Å². The van der Waals surface area contributed by atoms with E-state index in [9.17, 15) is 9.59 Å². The van der Waals surface area contributed by atoms with E-state index in [4.69, 9.17) is 4.74 Å². The number of likely N-dealkylation sites (tertiary alicyclic amines) is 1. The fourth-order valence-electron chi connectivity index (χ4n) is 4.84. The molecule has 0 aromatic carbocycles. The van der Waals surface area contributed by atoms with Gasteiger partial charge in [-0.25, -0.2) is 0 Å². The van der Waals surface area contributed by atoms with Crippen LogP contribution in [0.2, 0.25) is 0 Å². The maximum atomic E-state index is 13.4. The van der Waals surface area contributed by atoms with Crippen LogP contribution in [0, 0.1) is 11.8 Å². The zero-order valence-corrected chi connectivity index (χ0v) is 15.3. The minimum atomic E-state index is -0.00143. The van der Waals surface area contributed by atoms with E-state index in [1.807, 2.05) is 4.90 Å². The largest absolute Gasteiger partial charge is 0.376 e. The molecule has 5 nitrogen and oxygen atoms in total. The molecule has 2 aliphatic heterocycles. The summed E-state index contributed by atoms with van der Waals surface area (Å²) in [7, 11) is 0. The van der Waals surface area contributed by atoms with E-state index in [1.165, 1.54) is 12.8 Å². The van der Waals surface area contributed by atoms with E-state index in [0.717, 1.165) is 71.1 Å². The lowest BCUT2D eigenvalue weighted by molar-refractivity contribution is -0.144. The summed E-state index contributed by atoms with van der Waals surface area (Å²) in [5.74, 6) is 0.838. The molecule has 0 spiro atoms. The van der Waals surface area contributed by atoms with Crippen molar-refractivity contribution in [2.24, 2.45) is 11.8 Å². The highest BCUT2D eigenvalue weighted by Gasteiger charge is 2.39. The molecule has 2 amide bonds. The number of carbonyl (C=O) groups excluding carboxylic acids is 2. The van der Waals surface area contributed by atoms with Crippen LogP contribution in [0.15, 0.2) is 0 Å². The predicted octanol–water partition coefficient (Wildman–Crippen LogP) is 2.59. The first-order valence-electron chi connectivity index (χ1n) is 10.4. The van der Waals surface area contributed by atoms with Crippen LogP contribution < -0.4 is 0 Å². The van der Waals surface area contributed by atoms with Crippen LogP contribution in [0.1, 0.15) is 64.2 Å². The van der Waals surface area contributed by atoms with Crippen molar-refractivity contribution in [1.82, 2.24) is 9.80 Å². The van der Waals surface area contributed by atoms with Crippen LogP contribution in [0.5, 0.6) is 0 Å². The van der Waals surface area contributed by atoms with Crippen molar-refractivity contribution < 1.29 is 14.3 Å². The molecule has 4 aliphatic rings. The monoisotopic (exact) mass is 348 g/mol. The van der Waals surface area contributed by atoms with Crippen molar-refractivity contribution in [3.8, 4) is 0 Å². The van der Waals surface area contributed by atoms with Crippen LogP contribution >= 0.6 is 0 Å². The Bertz CT molecular complexity index is 493. The minimum absolute atomic E-state index is 0.00143. The summed E-state index contributed by atoms with van der Waals surface area (Å²) in [6.45, 7) is 3.08. The average Bonchev–Trinajstić information content (AvgIpc) is 3.11. The molecule has 0 unspecified atom stereocenters. The number of carbonyl (C=O) groups is 2. The van der Waals surface area contributed by atoms with E-state index >= 15 is 0 Å². The molecule has 0 bridgehead atoms. The number of nitrogens with zero attached hydrogens (tertiary/aromatic N) is 2. The summed E-state index contributed by atoms with van der Waals surface area (Å²) in [5.41, 5.74) is 0. The van der Waals surface area contributed by atoms with Crippen molar-refractivity contribution >= 4 is 11.8 Å². The highest BCUT2D eigenvalue weighted by atomic mass is 16.5. The van der Waals surface area contributed by atoms with E-state index in [0.29, 0.717) is 18.5 Å². The van der Waals surface area contributed by atoms with Gasteiger partial charge >= 0.3 is 0 Å². The van der Waals surface area contributed by atoms with E-state index in [1.54, 1.807) is 0 Å². The SMILES string of the molecule is O=C(C1CC1)N1CCC[C@@H](C(=O)N(C[C@H]2CCCO2)C2CCCC2)C1. The standard InChI is InChI=1S/C20H32N2O3/c23-19(15-9-10-15)21-11-3-5-16(13-21)20(24)22(17-6-1-2-7-17)14-18-8-4-12-25-18/h15-18H,1-14H2/t16-,18-/m1/s1. The molecule has 0 N–H and O–H groups in total. The Balaban J connectivity index is 1.41. The molecule has 2 saturated carbocycles.